The van der Waals surface area contributed by atoms with Crippen molar-refractivity contribution in [3.05, 3.63) is 53.0 Å². The van der Waals surface area contributed by atoms with Crippen LogP contribution in [0.2, 0.25) is 0 Å². The van der Waals surface area contributed by atoms with Gasteiger partial charge >= 0.3 is 0 Å². The summed E-state index contributed by atoms with van der Waals surface area (Å²) in [5.74, 6) is 3.22. The molecule has 0 spiro atoms. The molecule has 0 heteroatoms. The Bertz CT molecular complexity index is 379. The van der Waals surface area contributed by atoms with E-state index in [2.05, 4.69) is 44.2 Å². The molecule has 0 radical (unpaired) electrons. The molecule has 0 nitrogen and oxygen atoms in total. The molecular formula is C15H17+. The third kappa shape index (κ3) is 1.17. The van der Waals surface area contributed by atoms with E-state index in [9.17, 15) is 0 Å². The second kappa shape index (κ2) is 3.16. The van der Waals surface area contributed by atoms with Gasteiger partial charge in [-0.3, -0.25) is 0 Å². The Morgan fingerprint density at radius 1 is 0.933 bits per heavy atom. The highest BCUT2D eigenvalue weighted by Gasteiger charge is 2.49. The van der Waals surface area contributed by atoms with Crippen molar-refractivity contribution in [1.29, 1.82) is 0 Å². The normalized spacial score (nSPS) is 29.1. The molecule has 0 amide bonds. The van der Waals surface area contributed by atoms with Crippen LogP contribution in [0, 0.1) is 17.8 Å². The van der Waals surface area contributed by atoms with Crippen molar-refractivity contribution in [3.8, 4) is 0 Å². The molecule has 0 heterocycles. The zero-order valence-corrected chi connectivity index (χ0v) is 9.46. The van der Waals surface area contributed by atoms with Gasteiger partial charge < -0.3 is 0 Å². The van der Waals surface area contributed by atoms with Crippen LogP contribution in [0.3, 0.4) is 0 Å². The quantitative estimate of drug-likeness (QED) is 0.472. The molecule has 2 bridgehead atoms. The van der Waals surface area contributed by atoms with E-state index in [1.54, 1.807) is 17.1 Å². The third-order valence-corrected chi connectivity index (χ3v) is 4.27. The van der Waals surface area contributed by atoms with Crippen molar-refractivity contribution < 1.29 is 0 Å². The zero-order valence-electron chi connectivity index (χ0n) is 9.46. The Labute approximate surface area is 92.0 Å². The van der Waals surface area contributed by atoms with Crippen LogP contribution < -0.4 is 0 Å². The van der Waals surface area contributed by atoms with E-state index in [0.29, 0.717) is 0 Å². The van der Waals surface area contributed by atoms with Gasteiger partial charge in [-0.1, -0.05) is 11.1 Å². The summed E-state index contributed by atoms with van der Waals surface area (Å²) in [7, 11) is 0. The maximum atomic E-state index is 2.32. The first-order valence-corrected chi connectivity index (χ1v) is 5.88. The van der Waals surface area contributed by atoms with E-state index < -0.39 is 0 Å². The molecule has 0 N–H and O–H groups in total. The lowest BCUT2D eigenvalue weighted by atomic mass is 9.86. The van der Waals surface area contributed by atoms with Crippen LogP contribution in [0.25, 0.3) is 0 Å². The van der Waals surface area contributed by atoms with Crippen LogP contribution in [0.5, 0.6) is 0 Å². The Hall–Kier alpha value is -1.17. The zero-order chi connectivity index (χ0) is 10.4. The largest absolute Gasteiger partial charge is 0.133 e. The van der Waals surface area contributed by atoms with E-state index in [-0.39, 0.29) is 0 Å². The molecule has 1 aromatic rings. The van der Waals surface area contributed by atoms with Gasteiger partial charge in [0.1, 0.15) is 5.56 Å². The van der Waals surface area contributed by atoms with Gasteiger partial charge in [0.05, 0.1) is 5.92 Å². The SMILES string of the molecule is CC1=C(C)C2CCC1[C+]2c1ccccc1. The predicted molar refractivity (Wildman–Crippen MR) is 63.4 cm³/mol. The Balaban J connectivity index is 2.00. The number of hydrogen-bond acceptors (Lipinski definition) is 0. The molecule has 0 aliphatic heterocycles. The first-order valence-electron chi connectivity index (χ1n) is 5.88. The summed E-state index contributed by atoms with van der Waals surface area (Å²) >= 11 is 0. The van der Waals surface area contributed by atoms with Crippen molar-refractivity contribution >= 4 is 0 Å². The fourth-order valence-electron chi connectivity index (χ4n) is 3.37. The van der Waals surface area contributed by atoms with Gasteiger partial charge in [-0.05, 0) is 44.9 Å². The fraction of sp³-hybridized carbons (Fsp3) is 0.400. The molecule has 15 heavy (non-hydrogen) atoms. The van der Waals surface area contributed by atoms with Crippen molar-refractivity contribution in [2.45, 2.75) is 26.7 Å². The number of allylic oxidation sites excluding steroid dienone is 2. The van der Waals surface area contributed by atoms with Crippen molar-refractivity contribution in [2.24, 2.45) is 11.8 Å². The Kier molecular flexibility index (Phi) is 1.92. The van der Waals surface area contributed by atoms with Crippen LogP contribution in [0.15, 0.2) is 41.5 Å². The lowest BCUT2D eigenvalue weighted by Crippen LogP contribution is -2.07. The monoisotopic (exact) mass is 197 g/mol. The van der Waals surface area contributed by atoms with Gasteiger partial charge in [0.2, 0.25) is 0 Å². The van der Waals surface area contributed by atoms with Crippen molar-refractivity contribution in [1.82, 2.24) is 0 Å². The molecule has 1 aromatic carbocycles. The van der Waals surface area contributed by atoms with Gasteiger partial charge in [0.25, 0.3) is 0 Å². The maximum Gasteiger partial charge on any atom is 0.133 e. The second-order valence-corrected chi connectivity index (χ2v) is 4.87. The lowest BCUT2D eigenvalue weighted by Gasteiger charge is -2.10. The van der Waals surface area contributed by atoms with E-state index in [1.165, 1.54) is 18.4 Å². The molecule has 1 fully saturated rings. The standard InChI is InChI=1S/C15H17/c1-10-11(2)14-9-8-13(10)15(14)12-6-4-3-5-7-12/h3-7,13-14H,8-9H2,1-2H3/q+1. The van der Waals surface area contributed by atoms with E-state index in [1.807, 2.05) is 0 Å². The molecule has 0 saturated heterocycles. The molecular weight excluding hydrogens is 180 g/mol. The maximum absolute atomic E-state index is 2.32. The van der Waals surface area contributed by atoms with Gasteiger partial charge in [0, 0.05) is 24.0 Å². The molecule has 2 aliphatic carbocycles. The molecule has 0 aromatic heterocycles. The summed E-state index contributed by atoms with van der Waals surface area (Å²) in [6.45, 7) is 4.64. The highest BCUT2D eigenvalue weighted by Crippen LogP contribution is 2.56. The van der Waals surface area contributed by atoms with Crippen LogP contribution in [-0.4, -0.2) is 0 Å². The minimum Gasteiger partial charge on any atom is -0.0528 e. The first kappa shape index (κ1) is 9.08. The summed E-state index contributed by atoms with van der Waals surface area (Å²) < 4.78 is 0. The van der Waals surface area contributed by atoms with Crippen molar-refractivity contribution in [3.63, 3.8) is 0 Å². The van der Waals surface area contributed by atoms with Gasteiger partial charge in [0.15, 0.2) is 0 Å². The summed E-state index contributed by atoms with van der Waals surface area (Å²) in [5.41, 5.74) is 4.76. The molecule has 2 unspecified atom stereocenters. The van der Waals surface area contributed by atoms with Crippen molar-refractivity contribution in [2.75, 3.05) is 0 Å². The lowest BCUT2D eigenvalue weighted by molar-refractivity contribution is 0.648. The average molecular weight is 197 g/mol. The third-order valence-electron chi connectivity index (χ3n) is 4.27. The minimum absolute atomic E-state index is 0.761. The number of fused-ring (bicyclic) bond motifs is 2. The van der Waals surface area contributed by atoms with Gasteiger partial charge in [-0.2, -0.15) is 0 Å². The Morgan fingerprint density at radius 3 is 2.00 bits per heavy atom. The van der Waals surface area contributed by atoms with E-state index in [4.69, 9.17) is 0 Å². The summed E-state index contributed by atoms with van der Waals surface area (Å²) in [6.07, 6.45) is 2.75. The smallest absolute Gasteiger partial charge is 0.0528 e. The van der Waals surface area contributed by atoms with Crippen LogP contribution in [0.1, 0.15) is 32.3 Å². The highest BCUT2D eigenvalue weighted by molar-refractivity contribution is 5.48. The van der Waals surface area contributed by atoms with Gasteiger partial charge in [-0.15, -0.1) is 0 Å². The van der Waals surface area contributed by atoms with E-state index >= 15 is 0 Å². The molecule has 1 saturated carbocycles. The Morgan fingerprint density at radius 2 is 1.47 bits per heavy atom. The number of hydrogen-bond donors (Lipinski definition) is 0. The first-order chi connectivity index (χ1) is 7.29. The molecule has 2 atom stereocenters. The van der Waals surface area contributed by atoms with Crippen LogP contribution in [-0.2, 0) is 0 Å². The van der Waals surface area contributed by atoms with Gasteiger partial charge in [-0.25, -0.2) is 0 Å². The summed E-state index contributed by atoms with van der Waals surface area (Å²) in [5, 5.41) is 0. The summed E-state index contributed by atoms with van der Waals surface area (Å²) in [4.78, 5) is 0. The van der Waals surface area contributed by atoms with Crippen LogP contribution >= 0.6 is 0 Å². The van der Waals surface area contributed by atoms with E-state index in [0.717, 1.165) is 11.8 Å². The fourth-order valence-corrected chi connectivity index (χ4v) is 3.37. The molecule has 2 aliphatic rings. The number of benzene rings is 1. The minimum atomic E-state index is 0.761. The summed E-state index contributed by atoms with van der Waals surface area (Å²) in [6, 6.07) is 11.0. The molecule has 76 valence electrons. The number of rotatable bonds is 1. The second-order valence-electron chi connectivity index (χ2n) is 4.87. The predicted octanol–water partition coefficient (Wildman–Crippen LogP) is 3.99. The topological polar surface area (TPSA) is 0 Å². The average Bonchev–Trinajstić information content (AvgIpc) is 2.79. The van der Waals surface area contributed by atoms with Crippen LogP contribution in [0.4, 0.5) is 0 Å². The highest BCUT2D eigenvalue weighted by atomic mass is 14.5. The molecule has 3 rings (SSSR count).